The Morgan fingerprint density at radius 2 is 1.59 bits per heavy atom. The molecule has 5 nitrogen and oxygen atoms in total. The van der Waals surface area contributed by atoms with Gasteiger partial charge in [-0.1, -0.05) is 17.7 Å². The summed E-state index contributed by atoms with van der Waals surface area (Å²) >= 11 is 0. The Labute approximate surface area is 159 Å². The van der Waals surface area contributed by atoms with E-state index in [1.54, 1.807) is 24.5 Å². The van der Waals surface area contributed by atoms with Gasteiger partial charge in [0, 0.05) is 29.0 Å². The van der Waals surface area contributed by atoms with Crippen LogP contribution < -0.4 is 10.6 Å². The number of carbonyl (C=O) groups is 2. The van der Waals surface area contributed by atoms with Crippen molar-refractivity contribution in [2.24, 2.45) is 0 Å². The molecule has 2 aliphatic rings. The maximum Gasteiger partial charge on any atom is 0.253 e. The van der Waals surface area contributed by atoms with Crippen molar-refractivity contribution in [1.29, 1.82) is 0 Å². The largest absolute Gasteiger partial charge is 0.347 e. The summed E-state index contributed by atoms with van der Waals surface area (Å²) < 4.78 is 0. The normalized spacial score (nSPS) is 26.4. The highest BCUT2D eigenvalue weighted by atomic mass is 16.2. The molecule has 2 fully saturated rings. The van der Waals surface area contributed by atoms with Crippen molar-refractivity contribution in [1.82, 2.24) is 15.6 Å². The van der Waals surface area contributed by atoms with Gasteiger partial charge in [0.05, 0.1) is 5.56 Å². The average molecular weight is 363 g/mol. The van der Waals surface area contributed by atoms with Gasteiger partial charge >= 0.3 is 0 Å². The Morgan fingerprint density at radius 1 is 0.926 bits per heavy atom. The highest BCUT2D eigenvalue weighted by molar-refractivity contribution is 5.95. The Kier molecular flexibility index (Phi) is 4.46. The lowest BCUT2D eigenvalue weighted by Crippen LogP contribution is -2.55. The molecule has 0 spiro atoms. The minimum Gasteiger partial charge on any atom is -0.347 e. The van der Waals surface area contributed by atoms with Gasteiger partial charge in [0.15, 0.2) is 0 Å². The van der Waals surface area contributed by atoms with E-state index < -0.39 is 0 Å². The second kappa shape index (κ2) is 6.80. The molecule has 4 rings (SSSR count). The molecule has 1 heterocycles. The molecule has 140 valence electrons. The third kappa shape index (κ3) is 3.59. The van der Waals surface area contributed by atoms with E-state index in [4.69, 9.17) is 0 Å². The standard InChI is InChI=1S/C22H25N3O2/c1-16-5-2-6-17(13-16)19(26)24-21-8-4-9-22(15-21,11-10-21)25-20(27)18-7-3-12-23-14-18/h2-3,5-7,12-14H,4,8-11,15H2,1H3,(H,24,26)(H,25,27). The number of pyridine rings is 1. The summed E-state index contributed by atoms with van der Waals surface area (Å²) in [6, 6.07) is 11.2. The molecule has 2 aliphatic carbocycles. The second-order valence-corrected chi connectivity index (χ2v) is 8.11. The summed E-state index contributed by atoms with van der Waals surface area (Å²) in [7, 11) is 0. The van der Waals surface area contributed by atoms with E-state index in [1.165, 1.54) is 0 Å². The quantitative estimate of drug-likeness (QED) is 0.875. The van der Waals surface area contributed by atoms with Crippen molar-refractivity contribution in [3.63, 3.8) is 0 Å². The fourth-order valence-corrected chi connectivity index (χ4v) is 4.74. The van der Waals surface area contributed by atoms with Crippen LogP contribution in [0.25, 0.3) is 0 Å². The molecule has 27 heavy (non-hydrogen) atoms. The minimum atomic E-state index is -0.231. The maximum absolute atomic E-state index is 12.8. The van der Waals surface area contributed by atoms with Gasteiger partial charge in [-0.05, 0) is 69.7 Å². The van der Waals surface area contributed by atoms with Gasteiger partial charge in [0.1, 0.15) is 0 Å². The monoisotopic (exact) mass is 363 g/mol. The van der Waals surface area contributed by atoms with Crippen LogP contribution in [0.4, 0.5) is 0 Å². The molecule has 1 aromatic heterocycles. The fourth-order valence-electron chi connectivity index (χ4n) is 4.74. The van der Waals surface area contributed by atoms with E-state index in [-0.39, 0.29) is 22.9 Å². The molecule has 0 saturated heterocycles. The number of hydrogen-bond donors (Lipinski definition) is 2. The van der Waals surface area contributed by atoms with Crippen LogP contribution in [-0.2, 0) is 0 Å². The van der Waals surface area contributed by atoms with Gasteiger partial charge in [-0.25, -0.2) is 0 Å². The van der Waals surface area contributed by atoms with Crippen molar-refractivity contribution < 1.29 is 9.59 Å². The molecule has 0 radical (unpaired) electrons. The second-order valence-electron chi connectivity index (χ2n) is 8.11. The van der Waals surface area contributed by atoms with Crippen LogP contribution >= 0.6 is 0 Å². The van der Waals surface area contributed by atoms with Gasteiger partial charge in [-0.15, -0.1) is 0 Å². The first-order valence-electron chi connectivity index (χ1n) is 9.61. The number of rotatable bonds is 4. The van der Waals surface area contributed by atoms with Crippen molar-refractivity contribution in [3.05, 3.63) is 65.5 Å². The van der Waals surface area contributed by atoms with Crippen molar-refractivity contribution in [2.45, 2.75) is 56.5 Å². The fraction of sp³-hybridized carbons (Fsp3) is 0.409. The van der Waals surface area contributed by atoms with Crippen LogP contribution in [0.1, 0.15) is 64.8 Å². The van der Waals surface area contributed by atoms with Crippen LogP contribution in [0.3, 0.4) is 0 Å². The first-order chi connectivity index (χ1) is 13.0. The topological polar surface area (TPSA) is 71.1 Å². The number of hydrogen-bond acceptors (Lipinski definition) is 3. The van der Waals surface area contributed by atoms with Gasteiger partial charge in [-0.2, -0.15) is 0 Å². The lowest BCUT2D eigenvalue weighted by Gasteiger charge is -2.40. The summed E-state index contributed by atoms with van der Waals surface area (Å²) in [4.78, 5) is 29.5. The van der Waals surface area contributed by atoms with E-state index >= 15 is 0 Å². The number of nitrogens with zero attached hydrogens (tertiary/aromatic N) is 1. The van der Waals surface area contributed by atoms with Crippen LogP contribution in [-0.4, -0.2) is 27.9 Å². The molecule has 0 aliphatic heterocycles. The summed E-state index contributed by atoms with van der Waals surface area (Å²) in [5, 5.41) is 6.56. The number of aromatic nitrogens is 1. The third-order valence-corrected chi connectivity index (χ3v) is 6.03. The maximum atomic E-state index is 12.8. The van der Waals surface area contributed by atoms with Gasteiger partial charge in [-0.3, -0.25) is 14.6 Å². The van der Waals surface area contributed by atoms with E-state index in [1.807, 2.05) is 31.2 Å². The number of nitrogens with one attached hydrogen (secondary N) is 2. The molecule has 2 amide bonds. The van der Waals surface area contributed by atoms with E-state index in [9.17, 15) is 9.59 Å². The number of benzene rings is 1. The number of aryl methyl sites for hydroxylation is 1. The van der Waals surface area contributed by atoms with Crippen molar-refractivity contribution >= 4 is 11.8 Å². The number of fused-ring (bicyclic) bond motifs is 2. The number of carbonyl (C=O) groups excluding carboxylic acids is 2. The molecule has 5 heteroatoms. The molecule has 2 bridgehead atoms. The first kappa shape index (κ1) is 17.7. The Morgan fingerprint density at radius 3 is 2.22 bits per heavy atom. The zero-order valence-electron chi connectivity index (χ0n) is 15.6. The molecular weight excluding hydrogens is 338 g/mol. The highest BCUT2D eigenvalue weighted by Crippen LogP contribution is 2.48. The third-order valence-electron chi connectivity index (χ3n) is 6.03. The summed E-state index contributed by atoms with van der Waals surface area (Å²) in [5.74, 6) is -0.0965. The predicted octanol–water partition coefficient (Wildman–Crippen LogP) is 3.40. The van der Waals surface area contributed by atoms with Crippen molar-refractivity contribution in [2.75, 3.05) is 0 Å². The van der Waals surface area contributed by atoms with Gasteiger partial charge in [0.2, 0.25) is 0 Å². The minimum absolute atomic E-state index is 0.0185. The zero-order chi connectivity index (χ0) is 18.9. The molecule has 2 N–H and O–H groups in total. The molecule has 1 aromatic carbocycles. The molecule has 2 atom stereocenters. The SMILES string of the molecule is Cc1cccc(C(=O)NC23CCCC(NC(=O)c4cccnc4)(CC2)C3)c1. The van der Waals surface area contributed by atoms with E-state index in [0.29, 0.717) is 11.1 Å². The highest BCUT2D eigenvalue weighted by Gasteiger charge is 2.52. The van der Waals surface area contributed by atoms with Crippen LogP contribution in [0.2, 0.25) is 0 Å². The van der Waals surface area contributed by atoms with E-state index in [2.05, 4.69) is 15.6 Å². The Hall–Kier alpha value is -2.69. The molecule has 2 unspecified atom stereocenters. The smallest absolute Gasteiger partial charge is 0.253 e. The Balaban J connectivity index is 1.48. The lowest BCUT2D eigenvalue weighted by molar-refractivity contribution is 0.0832. The average Bonchev–Trinajstić information content (AvgIpc) is 2.92. The lowest BCUT2D eigenvalue weighted by atomic mass is 9.78. The molecular formula is C22H25N3O2. The molecule has 2 aromatic rings. The Bertz CT molecular complexity index is 867. The van der Waals surface area contributed by atoms with Crippen molar-refractivity contribution in [3.8, 4) is 0 Å². The molecule has 2 saturated carbocycles. The van der Waals surface area contributed by atoms with Gasteiger partial charge < -0.3 is 10.6 Å². The van der Waals surface area contributed by atoms with Crippen LogP contribution in [0.5, 0.6) is 0 Å². The van der Waals surface area contributed by atoms with Gasteiger partial charge in [0.25, 0.3) is 11.8 Å². The number of amides is 2. The van der Waals surface area contributed by atoms with Crippen LogP contribution in [0, 0.1) is 6.92 Å². The zero-order valence-corrected chi connectivity index (χ0v) is 15.6. The first-order valence-corrected chi connectivity index (χ1v) is 9.61. The van der Waals surface area contributed by atoms with Crippen LogP contribution in [0.15, 0.2) is 48.8 Å². The summed E-state index contributed by atoms with van der Waals surface area (Å²) in [5.41, 5.74) is 1.91. The van der Waals surface area contributed by atoms with E-state index in [0.717, 1.165) is 44.1 Å². The summed E-state index contributed by atoms with van der Waals surface area (Å²) in [6.45, 7) is 1.99. The predicted molar refractivity (Wildman–Crippen MR) is 104 cm³/mol. The summed E-state index contributed by atoms with van der Waals surface area (Å²) in [6.07, 6.45) is 8.78.